The van der Waals surface area contributed by atoms with E-state index in [1.165, 1.54) is 4.68 Å². The van der Waals surface area contributed by atoms with E-state index >= 15 is 0 Å². The van der Waals surface area contributed by atoms with Crippen LogP contribution in [0.2, 0.25) is 0 Å². The molecule has 0 bridgehead atoms. The molecule has 1 aliphatic heterocycles. The van der Waals surface area contributed by atoms with Gasteiger partial charge in [0.25, 0.3) is 11.5 Å². The Bertz CT molecular complexity index is 1280. The Morgan fingerprint density at radius 2 is 1.52 bits per heavy atom. The van der Waals surface area contributed by atoms with Crippen LogP contribution in [0.1, 0.15) is 40.5 Å². The molecule has 1 amide bonds. The second-order valence-corrected chi connectivity index (χ2v) is 7.91. The van der Waals surface area contributed by atoms with Crippen molar-refractivity contribution in [1.29, 1.82) is 0 Å². The molecule has 1 saturated heterocycles. The number of likely N-dealkylation sites (tertiary alicyclic amines) is 1. The summed E-state index contributed by atoms with van der Waals surface area (Å²) in [5, 5.41) is 5.71. The van der Waals surface area contributed by atoms with Gasteiger partial charge in [-0.3, -0.25) is 9.59 Å². The number of hydrogen-bond acceptors (Lipinski definition) is 3. The summed E-state index contributed by atoms with van der Waals surface area (Å²) in [6.07, 6.45) is 1.88. The lowest BCUT2D eigenvalue weighted by molar-refractivity contribution is 0.0729. The van der Waals surface area contributed by atoms with Gasteiger partial charge in [-0.25, -0.2) is 4.68 Å². The molecule has 0 aliphatic carbocycles. The monoisotopic (exact) mass is 409 g/mol. The first kappa shape index (κ1) is 19.2. The second-order valence-electron chi connectivity index (χ2n) is 7.91. The third-order valence-electron chi connectivity index (χ3n) is 5.94. The topological polar surface area (TPSA) is 55.2 Å². The normalized spacial score (nSPS) is 16.0. The zero-order valence-corrected chi connectivity index (χ0v) is 17.1. The van der Waals surface area contributed by atoms with Crippen LogP contribution in [0.25, 0.3) is 10.8 Å². The van der Waals surface area contributed by atoms with Gasteiger partial charge in [-0.1, -0.05) is 78.9 Å². The van der Waals surface area contributed by atoms with Crippen LogP contribution in [0.3, 0.4) is 0 Å². The first-order valence-corrected chi connectivity index (χ1v) is 10.6. The van der Waals surface area contributed by atoms with E-state index in [1.54, 1.807) is 6.07 Å². The van der Waals surface area contributed by atoms with E-state index in [0.717, 1.165) is 24.0 Å². The molecule has 3 aromatic carbocycles. The van der Waals surface area contributed by atoms with Crippen molar-refractivity contribution in [1.82, 2.24) is 14.7 Å². The highest BCUT2D eigenvalue weighted by atomic mass is 16.2. The second kappa shape index (κ2) is 8.19. The molecule has 0 radical (unpaired) electrons. The minimum absolute atomic E-state index is 0.0313. The maximum Gasteiger partial charge on any atom is 0.275 e. The van der Waals surface area contributed by atoms with Gasteiger partial charge in [0.2, 0.25) is 0 Å². The molecule has 0 N–H and O–H groups in total. The maximum absolute atomic E-state index is 13.7. The number of benzene rings is 3. The van der Waals surface area contributed by atoms with Gasteiger partial charge in [-0.15, -0.1) is 0 Å². The lowest BCUT2D eigenvalue weighted by Gasteiger charge is -2.25. The Balaban J connectivity index is 1.59. The summed E-state index contributed by atoms with van der Waals surface area (Å²) >= 11 is 0. The molecule has 31 heavy (non-hydrogen) atoms. The summed E-state index contributed by atoms with van der Waals surface area (Å²) in [6, 6.07) is 27.1. The Hall–Kier alpha value is -3.73. The Labute approximate surface area is 180 Å². The predicted octanol–water partition coefficient (Wildman–Crippen LogP) is 4.42. The quantitative estimate of drug-likeness (QED) is 0.501. The molecule has 2 heterocycles. The van der Waals surface area contributed by atoms with Gasteiger partial charge in [0.05, 0.1) is 18.0 Å². The van der Waals surface area contributed by atoms with Gasteiger partial charge in [0, 0.05) is 11.9 Å². The molecule has 1 aromatic heterocycles. The van der Waals surface area contributed by atoms with E-state index in [2.05, 4.69) is 17.2 Å². The summed E-state index contributed by atoms with van der Waals surface area (Å²) in [6.45, 7) is 1.01. The SMILES string of the molecule is O=C(c1nn(Cc2ccccc2)c(=O)c2ccccc12)N1CCCC1c1ccccc1. The summed E-state index contributed by atoms with van der Waals surface area (Å²) in [4.78, 5) is 28.7. The number of carbonyl (C=O) groups is 1. The van der Waals surface area contributed by atoms with Crippen LogP contribution < -0.4 is 5.56 Å². The van der Waals surface area contributed by atoms with Crippen molar-refractivity contribution in [3.05, 3.63) is 112 Å². The molecule has 154 valence electrons. The molecule has 1 unspecified atom stereocenters. The lowest BCUT2D eigenvalue weighted by Crippen LogP contribution is -2.34. The Morgan fingerprint density at radius 1 is 0.871 bits per heavy atom. The highest BCUT2D eigenvalue weighted by Gasteiger charge is 2.32. The van der Waals surface area contributed by atoms with E-state index in [9.17, 15) is 9.59 Å². The molecule has 4 aromatic rings. The molecular weight excluding hydrogens is 386 g/mol. The van der Waals surface area contributed by atoms with Gasteiger partial charge >= 0.3 is 0 Å². The predicted molar refractivity (Wildman–Crippen MR) is 121 cm³/mol. The summed E-state index contributed by atoms with van der Waals surface area (Å²) in [5.74, 6) is -0.121. The number of aromatic nitrogens is 2. The molecule has 0 spiro atoms. The van der Waals surface area contributed by atoms with Gasteiger partial charge in [0.1, 0.15) is 0 Å². The summed E-state index contributed by atoms with van der Waals surface area (Å²) < 4.78 is 1.42. The molecule has 1 aliphatic rings. The lowest BCUT2D eigenvalue weighted by atomic mass is 10.0. The van der Waals surface area contributed by atoms with Gasteiger partial charge < -0.3 is 4.90 Å². The van der Waals surface area contributed by atoms with Crippen LogP contribution >= 0.6 is 0 Å². The minimum atomic E-state index is -0.183. The standard InChI is InChI=1S/C26H23N3O2/c30-25-22-15-8-7-14-21(22)24(27-29(25)18-19-10-3-1-4-11-19)26(31)28-17-9-16-23(28)20-12-5-2-6-13-20/h1-8,10-15,23H,9,16-18H2. The number of fused-ring (bicyclic) bond motifs is 1. The largest absolute Gasteiger partial charge is 0.330 e. The van der Waals surface area contributed by atoms with Crippen LogP contribution in [0.15, 0.2) is 89.7 Å². The zero-order valence-electron chi connectivity index (χ0n) is 17.1. The summed E-state index contributed by atoms with van der Waals surface area (Å²) in [5.41, 5.74) is 2.26. The molecule has 5 rings (SSSR count). The highest BCUT2D eigenvalue weighted by molar-refractivity contribution is 6.05. The molecule has 0 saturated carbocycles. The number of amides is 1. The third-order valence-corrected chi connectivity index (χ3v) is 5.94. The van der Waals surface area contributed by atoms with Crippen molar-refractivity contribution >= 4 is 16.7 Å². The van der Waals surface area contributed by atoms with Crippen molar-refractivity contribution in [3.63, 3.8) is 0 Å². The van der Waals surface area contributed by atoms with E-state index < -0.39 is 0 Å². The first-order valence-electron chi connectivity index (χ1n) is 10.6. The first-order chi connectivity index (χ1) is 15.2. The fourth-order valence-corrected chi connectivity index (χ4v) is 4.42. The average Bonchev–Trinajstić information content (AvgIpc) is 3.32. The number of nitrogens with zero attached hydrogens (tertiary/aromatic N) is 3. The average molecular weight is 409 g/mol. The molecule has 5 nitrogen and oxygen atoms in total. The van der Waals surface area contributed by atoms with Crippen molar-refractivity contribution in [2.24, 2.45) is 0 Å². The van der Waals surface area contributed by atoms with Crippen molar-refractivity contribution in [2.75, 3.05) is 6.54 Å². The summed E-state index contributed by atoms with van der Waals surface area (Å²) in [7, 11) is 0. The minimum Gasteiger partial charge on any atom is -0.330 e. The molecule has 5 heteroatoms. The number of rotatable bonds is 4. The smallest absolute Gasteiger partial charge is 0.275 e. The van der Waals surface area contributed by atoms with E-state index in [4.69, 9.17) is 0 Å². The van der Waals surface area contributed by atoms with E-state index in [0.29, 0.717) is 29.6 Å². The van der Waals surface area contributed by atoms with Crippen LogP contribution in [-0.2, 0) is 6.54 Å². The third kappa shape index (κ3) is 3.63. The van der Waals surface area contributed by atoms with Gasteiger partial charge in [-0.05, 0) is 30.0 Å². The van der Waals surface area contributed by atoms with Crippen molar-refractivity contribution in [2.45, 2.75) is 25.4 Å². The fraction of sp³-hybridized carbons (Fsp3) is 0.192. The van der Waals surface area contributed by atoms with Crippen LogP contribution in [0.5, 0.6) is 0 Å². The van der Waals surface area contributed by atoms with Crippen LogP contribution in [0.4, 0.5) is 0 Å². The van der Waals surface area contributed by atoms with Crippen molar-refractivity contribution < 1.29 is 4.79 Å². The fourth-order valence-electron chi connectivity index (χ4n) is 4.42. The number of carbonyl (C=O) groups excluding carboxylic acids is 1. The van der Waals surface area contributed by atoms with Crippen LogP contribution in [0, 0.1) is 0 Å². The van der Waals surface area contributed by atoms with Gasteiger partial charge in [0.15, 0.2) is 5.69 Å². The molecule has 1 atom stereocenters. The maximum atomic E-state index is 13.7. The van der Waals surface area contributed by atoms with E-state index in [-0.39, 0.29) is 17.5 Å². The highest BCUT2D eigenvalue weighted by Crippen LogP contribution is 2.33. The zero-order chi connectivity index (χ0) is 21.2. The van der Waals surface area contributed by atoms with Crippen LogP contribution in [-0.4, -0.2) is 27.1 Å². The molecular formula is C26H23N3O2. The Morgan fingerprint density at radius 3 is 2.26 bits per heavy atom. The molecule has 1 fully saturated rings. The van der Waals surface area contributed by atoms with E-state index in [1.807, 2.05) is 71.6 Å². The van der Waals surface area contributed by atoms with Gasteiger partial charge in [-0.2, -0.15) is 5.10 Å². The Kier molecular flexibility index (Phi) is 5.08. The number of hydrogen-bond donors (Lipinski definition) is 0. The van der Waals surface area contributed by atoms with Crippen molar-refractivity contribution in [3.8, 4) is 0 Å².